The number of amides is 1. The number of carbonyl (C=O) groups excluding carboxylic acids is 1. The lowest BCUT2D eigenvalue weighted by Crippen LogP contribution is -2.36. The van der Waals surface area contributed by atoms with Crippen molar-refractivity contribution in [2.75, 3.05) is 44.7 Å². The molecular weight excluding hydrogens is 374 g/mol. The zero-order valence-electron chi connectivity index (χ0n) is 18.0. The van der Waals surface area contributed by atoms with Crippen LogP contribution in [-0.4, -0.2) is 60.6 Å². The quantitative estimate of drug-likeness (QED) is 0.789. The van der Waals surface area contributed by atoms with E-state index >= 15 is 0 Å². The summed E-state index contributed by atoms with van der Waals surface area (Å²) in [7, 11) is 2.11. The highest BCUT2D eigenvalue weighted by molar-refractivity contribution is 5.95. The maximum Gasteiger partial charge on any atom is 0.254 e. The first-order valence-electron chi connectivity index (χ1n) is 11.2. The fourth-order valence-corrected chi connectivity index (χ4v) is 4.62. The molecule has 2 aromatic rings. The molecule has 2 aromatic carbocycles. The van der Waals surface area contributed by atoms with Crippen LogP contribution in [0.5, 0.6) is 5.75 Å². The second-order valence-electron chi connectivity index (χ2n) is 8.66. The number of fused-ring (bicyclic) bond motifs is 1. The second-order valence-corrected chi connectivity index (χ2v) is 8.66. The average Bonchev–Trinajstić information content (AvgIpc) is 2.78. The summed E-state index contributed by atoms with van der Waals surface area (Å²) in [6.45, 7) is 5.90. The number of phenols is 1. The van der Waals surface area contributed by atoms with E-state index in [0.29, 0.717) is 13.1 Å². The number of anilines is 1. The van der Waals surface area contributed by atoms with Crippen molar-refractivity contribution < 1.29 is 9.90 Å². The number of piperidine rings is 1. The highest BCUT2D eigenvalue weighted by atomic mass is 16.3. The fourth-order valence-electron chi connectivity index (χ4n) is 4.62. The standard InChI is InChI=1S/C25H33N3O2/c1-26(12-6-15-27-13-3-2-4-14-27)23-8-5-7-21(17-23)25(30)28-16-11-20-9-10-24(29)18-22(20)19-28/h5,7-10,17-18,29H,2-4,6,11-16,19H2,1H3. The Morgan fingerprint density at radius 3 is 2.70 bits per heavy atom. The van der Waals surface area contributed by atoms with E-state index in [4.69, 9.17) is 0 Å². The van der Waals surface area contributed by atoms with Crippen LogP contribution < -0.4 is 4.90 Å². The summed E-state index contributed by atoms with van der Waals surface area (Å²) in [6.07, 6.45) is 6.01. The number of benzene rings is 2. The molecule has 0 spiro atoms. The highest BCUT2D eigenvalue weighted by Crippen LogP contribution is 2.25. The van der Waals surface area contributed by atoms with Crippen LogP contribution in [0.2, 0.25) is 0 Å². The van der Waals surface area contributed by atoms with E-state index < -0.39 is 0 Å². The van der Waals surface area contributed by atoms with Gasteiger partial charge in [0.25, 0.3) is 5.91 Å². The molecule has 2 heterocycles. The number of carbonyl (C=O) groups is 1. The van der Waals surface area contributed by atoms with Gasteiger partial charge < -0.3 is 19.8 Å². The molecule has 160 valence electrons. The van der Waals surface area contributed by atoms with Gasteiger partial charge >= 0.3 is 0 Å². The second kappa shape index (κ2) is 9.52. The highest BCUT2D eigenvalue weighted by Gasteiger charge is 2.22. The van der Waals surface area contributed by atoms with Crippen molar-refractivity contribution in [1.82, 2.24) is 9.80 Å². The van der Waals surface area contributed by atoms with Crippen LogP contribution in [0.15, 0.2) is 42.5 Å². The van der Waals surface area contributed by atoms with Crippen molar-refractivity contribution in [3.63, 3.8) is 0 Å². The lowest BCUT2D eigenvalue weighted by Gasteiger charge is -2.29. The van der Waals surface area contributed by atoms with Crippen LogP contribution in [0.1, 0.15) is 47.2 Å². The molecule has 1 N–H and O–H groups in total. The SMILES string of the molecule is CN(CCCN1CCCCC1)c1cccc(C(=O)N2CCc3ccc(O)cc3C2)c1. The molecule has 0 unspecified atom stereocenters. The molecule has 0 saturated carbocycles. The molecule has 1 amide bonds. The predicted molar refractivity (Wildman–Crippen MR) is 121 cm³/mol. The van der Waals surface area contributed by atoms with Gasteiger partial charge in [0.05, 0.1) is 0 Å². The summed E-state index contributed by atoms with van der Waals surface area (Å²) in [5, 5.41) is 9.77. The summed E-state index contributed by atoms with van der Waals surface area (Å²) >= 11 is 0. The van der Waals surface area contributed by atoms with Gasteiger partial charge in [-0.05, 0) is 86.8 Å². The molecule has 1 fully saturated rings. The molecule has 4 rings (SSSR count). The van der Waals surface area contributed by atoms with Crippen molar-refractivity contribution >= 4 is 11.6 Å². The van der Waals surface area contributed by atoms with Crippen LogP contribution in [0, 0.1) is 0 Å². The third kappa shape index (κ3) is 4.96. The molecular formula is C25H33N3O2. The van der Waals surface area contributed by atoms with E-state index in [0.717, 1.165) is 42.7 Å². The zero-order chi connectivity index (χ0) is 20.9. The average molecular weight is 408 g/mol. The van der Waals surface area contributed by atoms with Gasteiger partial charge in [-0.2, -0.15) is 0 Å². The Balaban J connectivity index is 1.36. The summed E-state index contributed by atoms with van der Waals surface area (Å²) < 4.78 is 0. The minimum Gasteiger partial charge on any atom is -0.508 e. The molecule has 0 aliphatic carbocycles. The van der Waals surface area contributed by atoms with Gasteiger partial charge in [0.1, 0.15) is 5.75 Å². The monoisotopic (exact) mass is 407 g/mol. The molecule has 1 saturated heterocycles. The Hall–Kier alpha value is -2.53. The Bertz CT molecular complexity index is 876. The van der Waals surface area contributed by atoms with Gasteiger partial charge in [0, 0.05) is 37.9 Å². The van der Waals surface area contributed by atoms with E-state index in [2.05, 4.69) is 22.9 Å². The van der Waals surface area contributed by atoms with Gasteiger partial charge in [-0.1, -0.05) is 18.6 Å². The first-order chi connectivity index (χ1) is 14.6. The van der Waals surface area contributed by atoms with E-state index in [1.54, 1.807) is 12.1 Å². The van der Waals surface area contributed by atoms with Crippen LogP contribution in [0.25, 0.3) is 0 Å². The van der Waals surface area contributed by atoms with Crippen LogP contribution in [0.3, 0.4) is 0 Å². The molecule has 5 nitrogen and oxygen atoms in total. The number of aromatic hydroxyl groups is 1. The summed E-state index contributed by atoms with van der Waals surface area (Å²) in [4.78, 5) is 19.8. The first kappa shape index (κ1) is 20.7. The van der Waals surface area contributed by atoms with Crippen molar-refractivity contribution in [2.45, 2.75) is 38.6 Å². The van der Waals surface area contributed by atoms with Crippen molar-refractivity contribution in [2.24, 2.45) is 0 Å². The first-order valence-corrected chi connectivity index (χ1v) is 11.2. The molecule has 2 aliphatic rings. The van der Waals surface area contributed by atoms with Gasteiger partial charge in [0.15, 0.2) is 0 Å². The Morgan fingerprint density at radius 2 is 1.87 bits per heavy atom. The van der Waals surface area contributed by atoms with Crippen LogP contribution >= 0.6 is 0 Å². The topological polar surface area (TPSA) is 47.0 Å². The normalized spacial score (nSPS) is 16.9. The van der Waals surface area contributed by atoms with Gasteiger partial charge in [-0.3, -0.25) is 4.79 Å². The number of likely N-dealkylation sites (tertiary alicyclic amines) is 1. The van der Waals surface area contributed by atoms with Crippen LogP contribution in [0.4, 0.5) is 5.69 Å². The molecule has 5 heteroatoms. The van der Waals surface area contributed by atoms with Crippen molar-refractivity contribution in [3.05, 3.63) is 59.2 Å². The number of rotatable bonds is 6. The zero-order valence-corrected chi connectivity index (χ0v) is 18.0. The Labute approximate surface area is 179 Å². The van der Waals surface area contributed by atoms with Gasteiger partial charge in [-0.25, -0.2) is 0 Å². The van der Waals surface area contributed by atoms with Crippen LogP contribution in [-0.2, 0) is 13.0 Å². The maximum absolute atomic E-state index is 13.1. The molecule has 0 radical (unpaired) electrons. The van der Waals surface area contributed by atoms with E-state index in [1.807, 2.05) is 29.2 Å². The maximum atomic E-state index is 13.1. The van der Waals surface area contributed by atoms with Gasteiger partial charge in [-0.15, -0.1) is 0 Å². The third-order valence-corrected chi connectivity index (χ3v) is 6.44. The molecule has 2 aliphatic heterocycles. The minimum atomic E-state index is 0.0626. The lowest BCUT2D eigenvalue weighted by atomic mass is 9.99. The number of phenolic OH excluding ortho intramolecular Hbond substituents is 1. The van der Waals surface area contributed by atoms with E-state index in [-0.39, 0.29) is 11.7 Å². The lowest BCUT2D eigenvalue weighted by molar-refractivity contribution is 0.0734. The largest absolute Gasteiger partial charge is 0.508 e. The van der Waals surface area contributed by atoms with Crippen molar-refractivity contribution in [1.29, 1.82) is 0 Å². The van der Waals surface area contributed by atoms with E-state index in [1.165, 1.54) is 37.9 Å². The molecule has 0 bridgehead atoms. The predicted octanol–water partition coefficient (Wildman–Crippen LogP) is 3.90. The Morgan fingerprint density at radius 1 is 1.03 bits per heavy atom. The fraction of sp³-hybridized carbons (Fsp3) is 0.480. The summed E-state index contributed by atoms with van der Waals surface area (Å²) in [5.74, 6) is 0.323. The summed E-state index contributed by atoms with van der Waals surface area (Å²) in [6, 6.07) is 13.5. The molecule has 0 atom stereocenters. The number of hydrogen-bond acceptors (Lipinski definition) is 4. The van der Waals surface area contributed by atoms with Crippen molar-refractivity contribution in [3.8, 4) is 5.75 Å². The van der Waals surface area contributed by atoms with Gasteiger partial charge in [0.2, 0.25) is 0 Å². The molecule has 30 heavy (non-hydrogen) atoms. The number of hydrogen-bond donors (Lipinski definition) is 1. The summed E-state index contributed by atoms with van der Waals surface area (Å²) in [5.41, 5.74) is 4.09. The Kier molecular flexibility index (Phi) is 6.58. The third-order valence-electron chi connectivity index (χ3n) is 6.44. The molecule has 0 aromatic heterocycles. The minimum absolute atomic E-state index is 0.0626. The van der Waals surface area contributed by atoms with E-state index in [9.17, 15) is 9.90 Å². The number of nitrogens with zero attached hydrogens (tertiary/aromatic N) is 3. The smallest absolute Gasteiger partial charge is 0.254 e.